The van der Waals surface area contributed by atoms with Gasteiger partial charge in [-0.25, -0.2) is 4.98 Å². The molecule has 1 aliphatic heterocycles. The maximum Gasteiger partial charge on any atom is 0.296 e. The van der Waals surface area contributed by atoms with Gasteiger partial charge in [0.05, 0.1) is 16.6 Å². The fourth-order valence-corrected chi connectivity index (χ4v) is 4.24. The van der Waals surface area contributed by atoms with Crippen molar-refractivity contribution < 1.29 is 19.1 Å². The number of nitrogens with one attached hydrogen (secondary N) is 1. The van der Waals surface area contributed by atoms with Crippen LogP contribution in [0.5, 0.6) is 0 Å². The molecular formula is C26H23N3O4. The number of furan rings is 1. The van der Waals surface area contributed by atoms with Crippen LogP contribution < -0.4 is 4.90 Å². The topological polar surface area (TPSA) is 99.4 Å². The first-order valence-electron chi connectivity index (χ1n) is 10.8. The zero-order valence-corrected chi connectivity index (χ0v) is 18.3. The Labute approximate surface area is 190 Å². The summed E-state index contributed by atoms with van der Waals surface area (Å²) >= 11 is 0. The highest BCUT2D eigenvalue weighted by atomic mass is 16.3. The van der Waals surface area contributed by atoms with Crippen molar-refractivity contribution in [3.8, 4) is 0 Å². The lowest BCUT2D eigenvalue weighted by Crippen LogP contribution is -2.31. The highest BCUT2D eigenvalue weighted by molar-refractivity contribution is 6.16. The number of aromatic amines is 1. The largest absolute Gasteiger partial charge is 0.503 e. The Hall–Kier alpha value is -4.13. The number of amides is 1. The van der Waals surface area contributed by atoms with Gasteiger partial charge in [-0.05, 0) is 55.7 Å². The van der Waals surface area contributed by atoms with Crippen molar-refractivity contribution in [2.75, 3.05) is 4.90 Å². The molecule has 33 heavy (non-hydrogen) atoms. The fourth-order valence-electron chi connectivity index (χ4n) is 4.24. The van der Waals surface area contributed by atoms with Crippen LogP contribution in [0.3, 0.4) is 0 Å². The highest BCUT2D eigenvalue weighted by Crippen LogP contribution is 2.41. The number of hydrogen-bond donors (Lipinski definition) is 2. The summed E-state index contributed by atoms with van der Waals surface area (Å²) in [5.41, 5.74) is 3.52. The van der Waals surface area contributed by atoms with Crippen LogP contribution in [-0.2, 0) is 16.0 Å². The summed E-state index contributed by atoms with van der Waals surface area (Å²) in [6.45, 7) is 3.75. The van der Waals surface area contributed by atoms with Gasteiger partial charge in [0.2, 0.25) is 5.95 Å². The third kappa shape index (κ3) is 3.71. The summed E-state index contributed by atoms with van der Waals surface area (Å²) in [7, 11) is 0. The van der Waals surface area contributed by atoms with E-state index in [-0.39, 0.29) is 23.7 Å². The molecule has 1 aliphatic rings. The molecule has 1 atom stereocenters. The van der Waals surface area contributed by atoms with Crippen molar-refractivity contribution in [3.63, 3.8) is 0 Å². The quantitative estimate of drug-likeness (QED) is 0.444. The van der Waals surface area contributed by atoms with Gasteiger partial charge in [0, 0.05) is 6.42 Å². The van der Waals surface area contributed by atoms with Crippen molar-refractivity contribution in [1.29, 1.82) is 0 Å². The number of fused-ring (bicyclic) bond motifs is 1. The molecule has 5 rings (SSSR count). The van der Waals surface area contributed by atoms with E-state index in [9.17, 15) is 14.7 Å². The molecular weight excluding hydrogens is 418 g/mol. The fraction of sp³-hybridized carbons (Fsp3) is 0.192. The van der Waals surface area contributed by atoms with Crippen LogP contribution in [0, 0.1) is 13.8 Å². The van der Waals surface area contributed by atoms with Crippen molar-refractivity contribution in [2.24, 2.45) is 0 Å². The van der Waals surface area contributed by atoms with E-state index < -0.39 is 17.7 Å². The average Bonchev–Trinajstić information content (AvgIpc) is 3.48. The number of aryl methyl sites for hydroxylation is 3. The lowest BCUT2D eigenvalue weighted by atomic mass is 9.96. The summed E-state index contributed by atoms with van der Waals surface area (Å²) in [6, 6.07) is 17.9. The Morgan fingerprint density at radius 3 is 2.64 bits per heavy atom. The Morgan fingerprint density at radius 2 is 1.91 bits per heavy atom. The standard InChI is InChI=1S/C26H23N3O4/c1-15-8-11-18-19(14-15)28-26(27-18)29-23(21-13-9-16(2)33-21)22(24(31)25(29)32)20(30)12-10-17-6-4-3-5-7-17/h3-9,11,13-14,23,31H,10,12H2,1-2H3,(H,27,28). The van der Waals surface area contributed by atoms with Crippen molar-refractivity contribution in [2.45, 2.75) is 32.7 Å². The van der Waals surface area contributed by atoms with Gasteiger partial charge in [0.25, 0.3) is 5.91 Å². The number of carbonyl (C=O) groups is 2. The second kappa shape index (κ2) is 8.09. The smallest absolute Gasteiger partial charge is 0.296 e. The number of rotatable bonds is 6. The maximum atomic E-state index is 13.3. The van der Waals surface area contributed by atoms with Gasteiger partial charge < -0.3 is 14.5 Å². The minimum Gasteiger partial charge on any atom is -0.503 e. The van der Waals surface area contributed by atoms with E-state index in [1.54, 1.807) is 19.1 Å². The van der Waals surface area contributed by atoms with Crippen LogP contribution in [0.2, 0.25) is 0 Å². The van der Waals surface area contributed by atoms with Crippen LogP contribution in [0.4, 0.5) is 5.95 Å². The van der Waals surface area contributed by atoms with Gasteiger partial charge in [-0.3, -0.25) is 14.5 Å². The van der Waals surface area contributed by atoms with E-state index in [0.29, 0.717) is 23.5 Å². The molecule has 4 aromatic rings. The summed E-state index contributed by atoms with van der Waals surface area (Å²) in [5.74, 6) is -0.281. The van der Waals surface area contributed by atoms with Gasteiger partial charge in [-0.1, -0.05) is 36.4 Å². The summed E-state index contributed by atoms with van der Waals surface area (Å²) < 4.78 is 5.82. The van der Waals surface area contributed by atoms with Crippen molar-refractivity contribution in [1.82, 2.24) is 9.97 Å². The summed E-state index contributed by atoms with van der Waals surface area (Å²) in [6.07, 6.45) is 0.651. The van der Waals surface area contributed by atoms with E-state index in [1.807, 2.05) is 55.5 Å². The van der Waals surface area contributed by atoms with Gasteiger partial charge in [0.1, 0.15) is 17.6 Å². The lowest BCUT2D eigenvalue weighted by molar-refractivity contribution is -0.118. The number of anilines is 1. The monoisotopic (exact) mass is 441 g/mol. The molecule has 1 unspecified atom stereocenters. The second-order valence-corrected chi connectivity index (χ2v) is 8.28. The number of hydrogen-bond acceptors (Lipinski definition) is 5. The predicted molar refractivity (Wildman–Crippen MR) is 124 cm³/mol. The minimum atomic E-state index is -0.906. The van der Waals surface area contributed by atoms with E-state index in [4.69, 9.17) is 4.42 Å². The van der Waals surface area contributed by atoms with E-state index in [2.05, 4.69) is 9.97 Å². The Balaban J connectivity index is 1.54. The molecule has 2 aromatic carbocycles. The molecule has 0 aliphatic carbocycles. The highest BCUT2D eigenvalue weighted by Gasteiger charge is 2.46. The number of benzene rings is 2. The normalized spacial score (nSPS) is 16.2. The van der Waals surface area contributed by atoms with E-state index in [0.717, 1.165) is 16.6 Å². The minimum absolute atomic E-state index is 0.0296. The molecule has 3 heterocycles. The van der Waals surface area contributed by atoms with Gasteiger partial charge >= 0.3 is 0 Å². The number of ketones is 1. The Morgan fingerprint density at radius 1 is 1.12 bits per heavy atom. The third-order valence-corrected chi connectivity index (χ3v) is 5.88. The molecule has 0 fully saturated rings. The number of nitrogens with zero attached hydrogens (tertiary/aromatic N) is 2. The average molecular weight is 441 g/mol. The number of aliphatic hydroxyl groups is 1. The Bertz CT molecular complexity index is 1400. The maximum absolute atomic E-state index is 13.3. The molecule has 0 radical (unpaired) electrons. The molecule has 7 heteroatoms. The van der Waals surface area contributed by atoms with Crippen LogP contribution >= 0.6 is 0 Å². The number of carbonyl (C=O) groups excluding carboxylic acids is 2. The number of aromatic nitrogens is 2. The molecule has 166 valence electrons. The molecule has 2 N–H and O–H groups in total. The first-order valence-corrected chi connectivity index (χ1v) is 10.8. The van der Waals surface area contributed by atoms with Crippen LogP contribution in [0.1, 0.15) is 35.1 Å². The van der Waals surface area contributed by atoms with Crippen LogP contribution in [0.25, 0.3) is 11.0 Å². The number of H-pyrrole nitrogens is 1. The zero-order chi connectivity index (χ0) is 23.1. The Kier molecular flexibility index (Phi) is 5.09. The molecule has 2 aromatic heterocycles. The van der Waals surface area contributed by atoms with Gasteiger partial charge in [-0.2, -0.15) is 0 Å². The lowest BCUT2D eigenvalue weighted by Gasteiger charge is -2.22. The van der Waals surface area contributed by atoms with E-state index >= 15 is 0 Å². The molecule has 0 spiro atoms. The van der Waals surface area contributed by atoms with Crippen LogP contribution in [0.15, 0.2) is 76.4 Å². The van der Waals surface area contributed by atoms with Gasteiger partial charge in [0.15, 0.2) is 11.5 Å². The number of Topliss-reactive ketones (excluding diaryl/α,β-unsaturated/α-hetero) is 1. The number of aliphatic hydroxyl groups excluding tert-OH is 1. The molecule has 0 bridgehead atoms. The summed E-state index contributed by atoms with van der Waals surface area (Å²) in [5, 5.41) is 10.8. The third-order valence-electron chi connectivity index (χ3n) is 5.88. The molecule has 7 nitrogen and oxygen atoms in total. The van der Waals surface area contributed by atoms with Crippen LogP contribution in [-0.4, -0.2) is 26.8 Å². The molecule has 1 amide bonds. The molecule has 0 saturated carbocycles. The van der Waals surface area contributed by atoms with Gasteiger partial charge in [-0.15, -0.1) is 0 Å². The summed E-state index contributed by atoms with van der Waals surface area (Å²) in [4.78, 5) is 35.5. The second-order valence-electron chi connectivity index (χ2n) is 8.28. The van der Waals surface area contributed by atoms with Crippen molar-refractivity contribution >= 4 is 28.7 Å². The number of imidazole rings is 1. The first-order chi connectivity index (χ1) is 15.9. The SMILES string of the molecule is Cc1ccc2nc(N3C(=O)C(O)=C(C(=O)CCc4ccccc4)C3c3ccc(C)o3)[nH]c2c1. The molecule has 0 saturated heterocycles. The van der Waals surface area contributed by atoms with Crippen molar-refractivity contribution in [3.05, 3.63) is 94.6 Å². The predicted octanol–water partition coefficient (Wildman–Crippen LogP) is 4.87. The zero-order valence-electron chi connectivity index (χ0n) is 18.3. The van der Waals surface area contributed by atoms with E-state index in [1.165, 1.54) is 4.90 Å². The first kappa shape index (κ1) is 20.8.